The van der Waals surface area contributed by atoms with Crippen molar-refractivity contribution in [1.82, 2.24) is 0 Å². The van der Waals surface area contributed by atoms with Crippen molar-refractivity contribution in [2.75, 3.05) is 7.11 Å². The second-order valence-electron chi connectivity index (χ2n) is 2.33. The van der Waals surface area contributed by atoms with E-state index >= 15 is 0 Å². The minimum Gasteiger partial charge on any atom is -0.493 e. The third-order valence-corrected chi connectivity index (χ3v) is 1.70. The van der Waals surface area contributed by atoms with Crippen LogP contribution < -0.4 is 16.2 Å². The van der Waals surface area contributed by atoms with Gasteiger partial charge in [-0.2, -0.15) is 0 Å². The number of methoxy groups -OCH3 is 1. The van der Waals surface area contributed by atoms with E-state index < -0.39 is 0 Å². The van der Waals surface area contributed by atoms with E-state index in [9.17, 15) is 0 Å². The van der Waals surface area contributed by atoms with Gasteiger partial charge < -0.3 is 16.2 Å². The van der Waals surface area contributed by atoms with Crippen LogP contribution in [-0.4, -0.2) is 13.1 Å². The number of nitrogens with two attached hydrogens (primary N) is 2. The molecular weight excluding hydrogens is 190 g/mol. The summed E-state index contributed by atoms with van der Waals surface area (Å²) in [5.74, 6) is 0.443. The van der Waals surface area contributed by atoms with E-state index in [4.69, 9.17) is 27.8 Å². The molecule has 1 aromatic rings. The van der Waals surface area contributed by atoms with Crippen LogP contribution in [0.4, 0.5) is 5.69 Å². The maximum Gasteiger partial charge on any atom is 0.191 e. The van der Waals surface area contributed by atoms with Crippen LogP contribution in [0, 0.1) is 0 Å². The smallest absolute Gasteiger partial charge is 0.191 e. The number of para-hydroxylation sites is 1. The van der Waals surface area contributed by atoms with Crippen LogP contribution >= 0.6 is 11.6 Å². The highest BCUT2D eigenvalue weighted by Crippen LogP contribution is 2.34. The Hall–Kier alpha value is -1.42. The number of rotatable bonds is 2. The van der Waals surface area contributed by atoms with E-state index in [-0.39, 0.29) is 5.96 Å². The van der Waals surface area contributed by atoms with E-state index in [0.717, 1.165) is 0 Å². The third-order valence-electron chi connectivity index (χ3n) is 1.40. The lowest BCUT2D eigenvalue weighted by Gasteiger charge is -2.05. The van der Waals surface area contributed by atoms with Gasteiger partial charge >= 0.3 is 0 Å². The number of hydrogen-bond acceptors (Lipinski definition) is 2. The van der Waals surface area contributed by atoms with E-state index in [2.05, 4.69) is 4.99 Å². The Morgan fingerprint density at radius 2 is 2.15 bits per heavy atom. The van der Waals surface area contributed by atoms with Crippen molar-refractivity contribution in [3.05, 3.63) is 23.2 Å². The van der Waals surface area contributed by atoms with Gasteiger partial charge in [0, 0.05) is 0 Å². The van der Waals surface area contributed by atoms with Gasteiger partial charge in [-0.1, -0.05) is 17.7 Å². The number of ether oxygens (including phenoxy) is 1. The summed E-state index contributed by atoms with van der Waals surface area (Å²) in [6.07, 6.45) is 0. The number of halogens is 1. The van der Waals surface area contributed by atoms with Gasteiger partial charge in [-0.05, 0) is 12.1 Å². The van der Waals surface area contributed by atoms with Gasteiger partial charge in [0.15, 0.2) is 11.7 Å². The fraction of sp³-hybridized carbons (Fsp3) is 0.125. The van der Waals surface area contributed by atoms with Crippen LogP contribution in [0.5, 0.6) is 5.75 Å². The Bertz CT molecular complexity index is 334. The Balaban J connectivity index is 3.20. The first-order valence-electron chi connectivity index (χ1n) is 3.57. The lowest BCUT2D eigenvalue weighted by atomic mass is 10.3. The zero-order valence-corrected chi connectivity index (χ0v) is 7.88. The summed E-state index contributed by atoms with van der Waals surface area (Å²) in [5, 5.41) is 0.477. The number of aliphatic imine (C=N–C) groups is 1. The summed E-state index contributed by atoms with van der Waals surface area (Å²) in [6, 6.07) is 5.16. The molecule has 0 fully saturated rings. The molecule has 0 aliphatic rings. The molecule has 4 N–H and O–H groups in total. The molecule has 1 rings (SSSR count). The van der Waals surface area contributed by atoms with Crippen molar-refractivity contribution in [3.63, 3.8) is 0 Å². The summed E-state index contributed by atoms with van der Waals surface area (Å²) in [7, 11) is 1.51. The van der Waals surface area contributed by atoms with Crippen LogP contribution in [0.25, 0.3) is 0 Å². The molecule has 4 nitrogen and oxygen atoms in total. The lowest BCUT2D eigenvalue weighted by Crippen LogP contribution is -2.21. The second-order valence-corrected chi connectivity index (χ2v) is 2.74. The molecule has 1 aromatic carbocycles. The van der Waals surface area contributed by atoms with Gasteiger partial charge in [-0.25, -0.2) is 4.99 Å². The highest BCUT2D eigenvalue weighted by atomic mass is 35.5. The van der Waals surface area contributed by atoms with Gasteiger partial charge in [0.25, 0.3) is 0 Å². The van der Waals surface area contributed by atoms with E-state index in [1.54, 1.807) is 18.2 Å². The van der Waals surface area contributed by atoms with Gasteiger partial charge in [0.05, 0.1) is 12.1 Å². The predicted octanol–water partition coefficient (Wildman–Crippen LogP) is 1.25. The maximum absolute atomic E-state index is 5.84. The molecule has 0 aliphatic carbocycles. The molecule has 0 spiro atoms. The van der Waals surface area contributed by atoms with Gasteiger partial charge in [0.1, 0.15) is 5.69 Å². The molecule has 0 atom stereocenters. The highest BCUT2D eigenvalue weighted by Gasteiger charge is 2.05. The summed E-state index contributed by atoms with van der Waals surface area (Å²) in [5.41, 5.74) is 11.0. The summed E-state index contributed by atoms with van der Waals surface area (Å²) in [4.78, 5) is 3.85. The molecule has 5 heteroatoms. The maximum atomic E-state index is 5.84. The zero-order chi connectivity index (χ0) is 9.84. The van der Waals surface area contributed by atoms with Gasteiger partial charge in [-0.3, -0.25) is 0 Å². The summed E-state index contributed by atoms with van der Waals surface area (Å²) in [6.45, 7) is 0. The van der Waals surface area contributed by atoms with Crippen LogP contribution in [0.1, 0.15) is 0 Å². The lowest BCUT2D eigenvalue weighted by molar-refractivity contribution is 0.416. The Kier molecular flexibility index (Phi) is 2.97. The van der Waals surface area contributed by atoms with Crippen molar-refractivity contribution in [2.45, 2.75) is 0 Å². The quantitative estimate of drug-likeness (QED) is 0.556. The molecule has 13 heavy (non-hydrogen) atoms. The first-order valence-corrected chi connectivity index (χ1v) is 3.95. The largest absolute Gasteiger partial charge is 0.493 e. The fourth-order valence-corrected chi connectivity index (χ4v) is 1.17. The van der Waals surface area contributed by atoms with Crippen molar-refractivity contribution in [3.8, 4) is 5.75 Å². The van der Waals surface area contributed by atoms with Crippen molar-refractivity contribution in [1.29, 1.82) is 0 Å². The summed E-state index contributed by atoms with van der Waals surface area (Å²) < 4.78 is 5.03. The predicted molar refractivity (Wildman–Crippen MR) is 53.5 cm³/mol. The van der Waals surface area contributed by atoms with Crippen LogP contribution in [0.3, 0.4) is 0 Å². The minimum absolute atomic E-state index is 0.0273. The fourth-order valence-electron chi connectivity index (χ4n) is 0.927. The van der Waals surface area contributed by atoms with Crippen LogP contribution in [0.2, 0.25) is 5.02 Å². The molecule has 70 valence electrons. The van der Waals surface area contributed by atoms with E-state index in [0.29, 0.717) is 16.5 Å². The monoisotopic (exact) mass is 199 g/mol. The standard InChI is InChI=1S/C8H10ClN3O/c1-13-7-5(9)3-2-4-6(7)12-8(10)11/h2-4H,1H3,(H4,10,11,12). The van der Waals surface area contributed by atoms with E-state index in [1.165, 1.54) is 7.11 Å². The highest BCUT2D eigenvalue weighted by molar-refractivity contribution is 6.32. The molecule has 0 unspecified atom stereocenters. The number of benzene rings is 1. The summed E-state index contributed by atoms with van der Waals surface area (Å²) >= 11 is 5.84. The first-order chi connectivity index (χ1) is 6.15. The first kappa shape index (κ1) is 9.67. The topological polar surface area (TPSA) is 73.6 Å². The second kappa shape index (κ2) is 4.00. The minimum atomic E-state index is -0.0273. The molecule has 0 saturated heterocycles. The third kappa shape index (κ3) is 2.26. The van der Waals surface area contributed by atoms with Crippen LogP contribution in [-0.2, 0) is 0 Å². The molecule has 0 saturated carbocycles. The van der Waals surface area contributed by atoms with E-state index in [1.807, 2.05) is 0 Å². The Labute approximate surface area is 81.2 Å². The van der Waals surface area contributed by atoms with Crippen LogP contribution in [0.15, 0.2) is 23.2 Å². The zero-order valence-electron chi connectivity index (χ0n) is 7.12. The molecule has 0 aliphatic heterocycles. The average Bonchev–Trinajstić information content (AvgIpc) is 2.03. The molecule has 0 heterocycles. The molecular formula is C8H10ClN3O. The Morgan fingerprint density at radius 1 is 1.46 bits per heavy atom. The van der Waals surface area contributed by atoms with Gasteiger partial charge in [-0.15, -0.1) is 0 Å². The Morgan fingerprint density at radius 3 is 2.69 bits per heavy atom. The molecule has 0 amide bonds. The average molecular weight is 200 g/mol. The molecule has 0 bridgehead atoms. The number of nitrogens with zero attached hydrogens (tertiary/aromatic N) is 1. The van der Waals surface area contributed by atoms with Crippen molar-refractivity contribution >= 4 is 23.2 Å². The number of guanidine groups is 1. The van der Waals surface area contributed by atoms with Crippen molar-refractivity contribution in [2.24, 2.45) is 16.5 Å². The molecule has 0 radical (unpaired) electrons. The number of hydrogen-bond donors (Lipinski definition) is 2. The normalized spacial score (nSPS) is 9.38. The SMILES string of the molecule is COc1c(Cl)cccc1N=C(N)N. The molecule has 0 aromatic heterocycles. The van der Waals surface area contributed by atoms with Gasteiger partial charge in [0.2, 0.25) is 0 Å². The van der Waals surface area contributed by atoms with Crippen molar-refractivity contribution < 1.29 is 4.74 Å².